The Hall–Kier alpha value is -4.51. The van der Waals surface area contributed by atoms with Crippen molar-refractivity contribution in [1.82, 2.24) is 14.8 Å². The van der Waals surface area contributed by atoms with E-state index < -0.39 is 0 Å². The van der Waals surface area contributed by atoms with Crippen molar-refractivity contribution in [3.05, 3.63) is 113 Å². The first-order chi connectivity index (χ1) is 18.6. The predicted octanol–water partition coefficient (Wildman–Crippen LogP) is 7.67. The molecule has 5 nitrogen and oxygen atoms in total. The molecule has 2 aromatic heterocycles. The molecule has 0 saturated carbocycles. The Morgan fingerprint density at radius 1 is 0.868 bits per heavy atom. The molecule has 0 saturated heterocycles. The summed E-state index contributed by atoms with van der Waals surface area (Å²) in [6.07, 6.45) is 10.3. The fourth-order valence-electron chi connectivity index (χ4n) is 4.57. The highest BCUT2D eigenvalue weighted by Crippen LogP contribution is 2.28. The number of nitrogens with zero attached hydrogens (tertiary/aromatic N) is 3. The lowest BCUT2D eigenvalue weighted by atomic mass is 10.1. The molecule has 0 spiro atoms. The molecule has 0 fully saturated rings. The van der Waals surface area contributed by atoms with Crippen LogP contribution in [0.2, 0.25) is 0 Å². The molecule has 0 amide bonds. The first-order valence-electron chi connectivity index (χ1n) is 13.2. The van der Waals surface area contributed by atoms with E-state index in [0.717, 1.165) is 52.6 Å². The third kappa shape index (κ3) is 5.89. The van der Waals surface area contributed by atoms with Gasteiger partial charge < -0.3 is 14.2 Å². The number of hydrogen-bond donors (Lipinski definition) is 1. The molecule has 0 aliphatic carbocycles. The maximum Gasteiger partial charge on any atom is 0.129 e. The molecule has 0 unspecified atom stereocenters. The molecule has 0 radical (unpaired) electrons. The third-order valence-electron chi connectivity index (χ3n) is 6.78. The average molecular weight is 503 g/mol. The van der Waals surface area contributed by atoms with Crippen molar-refractivity contribution >= 4 is 40.9 Å². The van der Waals surface area contributed by atoms with Crippen LogP contribution >= 0.6 is 0 Å². The summed E-state index contributed by atoms with van der Waals surface area (Å²) >= 11 is 0. The maximum atomic E-state index is 6.30. The molecule has 3 aromatic carbocycles. The SMILES string of the molecule is CCN(CC)c1ccc(C=Cc2cc(/C=C/c3ccc4ccn(C)c4c3)n[nH]2)c(OCc2ccccc2)c1. The van der Waals surface area contributed by atoms with E-state index in [9.17, 15) is 0 Å². The van der Waals surface area contributed by atoms with Crippen LogP contribution in [0, 0.1) is 0 Å². The monoisotopic (exact) mass is 502 g/mol. The fourth-order valence-corrected chi connectivity index (χ4v) is 4.57. The van der Waals surface area contributed by atoms with Gasteiger partial charge in [0.05, 0.1) is 11.4 Å². The Balaban J connectivity index is 1.33. The van der Waals surface area contributed by atoms with Crippen LogP contribution in [0.1, 0.15) is 41.9 Å². The molecule has 0 bridgehead atoms. The van der Waals surface area contributed by atoms with E-state index in [-0.39, 0.29) is 0 Å². The van der Waals surface area contributed by atoms with E-state index in [0.29, 0.717) is 6.61 Å². The molecule has 5 heteroatoms. The maximum absolute atomic E-state index is 6.30. The summed E-state index contributed by atoms with van der Waals surface area (Å²) in [5, 5.41) is 8.84. The first-order valence-corrected chi connectivity index (χ1v) is 13.2. The first kappa shape index (κ1) is 25.2. The highest BCUT2D eigenvalue weighted by atomic mass is 16.5. The Morgan fingerprint density at radius 2 is 1.71 bits per heavy atom. The van der Waals surface area contributed by atoms with Crippen LogP contribution in [0.15, 0.2) is 85.1 Å². The summed E-state index contributed by atoms with van der Waals surface area (Å²) in [7, 11) is 2.07. The van der Waals surface area contributed by atoms with Gasteiger partial charge in [-0.15, -0.1) is 0 Å². The summed E-state index contributed by atoms with van der Waals surface area (Å²) in [5.41, 5.74) is 7.52. The van der Waals surface area contributed by atoms with E-state index in [2.05, 4.69) is 114 Å². The minimum Gasteiger partial charge on any atom is -0.488 e. The van der Waals surface area contributed by atoms with E-state index in [1.54, 1.807) is 0 Å². The molecule has 0 aliphatic heterocycles. The summed E-state index contributed by atoms with van der Waals surface area (Å²) in [6.45, 7) is 6.77. The van der Waals surface area contributed by atoms with Crippen molar-refractivity contribution in [2.45, 2.75) is 20.5 Å². The molecule has 5 aromatic rings. The van der Waals surface area contributed by atoms with Gasteiger partial charge in [0.25, 0.3) is 0 Å². The Kier molecular flexibility index (Phi) is 7.74. The van der Waals surface area contributed by atoms with Gasteiger partial charge in [0.2, 0.25) is 0 Å². The van der Waals surface area contributed by atoms with Crippen molar-refractivity contribution in [1.29, 1.82) is 0 Å². The van der Waals surface area contributed by atoms with E-state index in [1.807, 2.05) is 36.4 Å². The van der Waals surface area contributed by atoms with Gasteiger partial charge in [0.1, 0.15) is 12.4 Å². The van der Waals surface area contributed by atoms with Crippen molar-refractivity contribution in [3.8, 4) is 5.75 Å². The zero-order chi connectivity index (χ0) is 26.3. The zero-order valence-corrected chi connectivity index (χ0v) is 22.3. The van der Waals surface area contributed by atoms with Gasteiger partial charge in [-0.25, -0.2) is 0 Å². The van der Waals surface area contributed by atoms with Crippen molar-refractivity contribution in [2.75, 3.05) is 18.0 Å². The highest BCUT2D eigenvalue weighted by Gasteiger charge is 2.08. The Labute approximate surface area is 224 Å². The molecule has 38 heavy (non-hydrogen) atoms. The van der Waals surface area contributed by atoms with Crippen LogP contribution in [-0.4, -0.2) is 27.9 Å². The largest absolute Gasteiger partial charge is 0.488 e. The van der Waals surface area contributed by atoms with E-state index in [1.165, 1.54) is 10.9 Å². The molecule has 1 N–H and O–H groups in total. The number of ether oxygens (including phenoxy) is 1. The number of nitrogens with one attached hydrogen (secondary N) is 1. The number of benzene rings is 3. The molecule has 0 atom stereocenters. The second-order valence-corrected chi connectivity index (χ2v) is 9.33. The minimum atomic E-state index is 0.525. The Bertz CT molecular complexity index is 1550. The van der Waals surface area contributed by atoms with Crippen LogP contribution < -0.4 is 9.64 Å². The molecule has 192 valence electrons. The lowest BCUT2D eigenvalue weighted by molar-refractivity contribution is 0.305. The van der Waals surface area contributed by atoms with Gasteiger partial charge in [0.15, 0.2) is 0 Å². The minimum absolute atomic E-state index is 0.525. The van der Waals surface area contributed by atoms with E-state index >= 15 is 0 Å². The van der Waals surface area contributed by atoms with Crippen LogP contribution in [-0.2, 0) is 13.7 Å². The van der Waals surface area contributed by atoms with Gasteiger partial charge >= 0.3 is 0 Å². The predicted molar refractivity (Wildman–Crippen MR) is 160 cm³/mol. The number of fused-ring (bicyclic) bond motifs is 1. The number of anilines is 1. The zero-order valence-electron chi connectivity index (χ0n) is 22.3. The second-order valence-electron chi connectivity index (χ2n) is 9.33. The summed E-state index contributed by atoms with van der Waals surface area (Å²) in [4.78, 5) is 2.33. The van der Waals surface area contributed by atoms with Crippen LogP contribution in [0.25, 0.3) is 35.2 Å². The summed E-state index contributed by atoms with van der Waals surface area (Å²) < 4.78 is 8.44. The van der Waals surface area contributed by atoms with Crippen LogP contribution in [0.4, 0.5) is 5.69 Å². The number of rotatable bonds is 10. The van der Waals surface area contributed by atoms with Gasteiger partial charge in [0, 0.05) is 49.2 Å². The molecule has 2 heterocycles. The van der Waals surface area contributed by atoms with Crippen LogP contribution in [0.5, 0.6) is 5.75 Å². The highest BCUT2D eigenvalue weighted by molar-refractivity contribution is 5.84. The lowest BCUT2D eigenvalue weighted by Crippen LogP contribution is -2.21. The molecule has 5 rings (SSSR count). The summed E-state index contributed by atoms with van der Waals surface area (Å²) in [6, 6.07) is 27.3. The molecule has 0 aliphatic rings. The summed E-state index contributed by atoms with van der Waals surface area (Å²) in [5.74, 6) is 0.866. The van der Waals surface area contributed by atoms with Gasteiger partial charge in [-0.1, -0.05) is 48.5 Å². The van der Waals surface area contributed by atoms with Gasteiger partial charge in [-0.2, -0.15) is 5.10 Å². The quantitative estimate of drug-likeness (QED) is 0.213. The number of aryl methyl sites for hydroxylation is 1. The molecular formula is C33H34N4O. The van der Waals surface area contributed by atoms with Crippen molar-refractivity contribution < 1.29 is 4.74 Å². The van der Waals surface area contributed by atoms with Crippen molar-refractivity contribution in [3.63, 3.8) is 0 Å². The fraction of sp³-hybridized carbons (Fsp3) is 0.182. The van der Waals surface area contributed by atoms with Gasteiger partial charge in [-0.3, -0.25) is 5.10 Å². The number of aromatic nitrogens is 3. The smallest absolute Gasteiger partial charge is 0.129 e. The third-order valence-corrected chi connectivity index (χ3v) is 6.78. The second kappa shape index (κ2) is 11.7. The lowest BCUT2D eigenvalue weighted by Gasteiger charge is -2.22. The Morgan fingerprint density at radius 3 is 2.53 bits per heavy atom. The van der Waals surface area contributed by atoms with Gasteiger partial charge in [-0.05, 0) is 78.9 Å². The number of aromatic amines is 1. The number of H-pyrrole nitrogens is 1. The van der Waals surface area contributed by atoms with Crippen LogP contribution in [0.3, 0.4) is 0 Å². The van der Waals surface area contributed by atoms with E-state index in [4.69, 9.17) is 4.74 Å². The number of hydrogen-bond acceptors (Lipinski definition) is 3. The topological polar surface area (TPSA) is 46.1 Å². The standard InChI is InChI=1S/C33H34N4O/c1-4-37(5-2)31-18-15-28(33(23-31)38-24-26-9-7-6-8-10-26)14-17-30-22-29(34-35-30)16-12-25-11-13-27-19-20-36(3)32(27)21-25/h6-23H,4-5,24H2,1-3H3,(H,34,35)/b16-12+,17-14?. The van der Waals surface area contributed by atoms with Crippen molar-refractivity contribution in [2.24, 2.45) is 7.05 Å². The normalized spacial score (nSPS) is 11.7. The average Bonchev–Trinajstić information content (AvgIpc) is 3.57. The molecular weight excluding hydrogens is 468 g/mol.